The topological polar surface area (TPSA) is 46.0 Å². The van der Waals surface area contributed by atoms with Crippen LogP contribution in [0.5, 0.6) is 0 Å². The van der Waals surface area contributed by atoms with E-state index in [1.807, 2.05) is 0 Å². The molecule has 0 atom stereocenters. The maximum absolute atomic E-state index is 9.12. The van der Waals surface area contributed by atoms with Crippen molar-refractivity contribution in [3.05, 3.63) is 17.0 Å². The van der Waals surface area contributed by atoms with Gasteiger partial charge >= 0.3 is 0 Å². The number of hydrogen-bond donors (Lipinski definition) is 1. The summed E-state index contributed by atoms with van der Waals surface area (Å²) >= 11 is 7.48. The number of unbranched alkanes of at least 4 members (excludes halogenated alkanes) is 2. The first-order chi connectivity index (χ1) is 7.29. The largest absolute Gasteiger partial charge is 0.391 e. The van der Waals surface area contributed by atoms with Crippen molar-refractivity contribution < 1.29 is 5.11 Å². The smallest absolute Gasteiger partial charge is 0.139 e. The molecular formula is C10H15ClN2OS. The van der Waals surface area contributed by atoms with Crippen molar-refractivity contribution in [2.24, 2.45) is 0 Å². The molecule has 0 fully saturated rings. The van der Waals surface area contributed by atoms with Gasteiger partial charge in [-0.3, -0.25) is 0 Å². The fraction of sp³-hybridized carbons (Fsp3) is 0.600. The second-order valence-corrected chi connectivity index (χ2v) is 4.60. The Morgan fingerprint density at radius 3 is 2.87 bits per heavy atom. The SMILES string of the molecule is CCCCCSc1ncnc(Cl)c1CO. The van der Waals surface area contributed by atoms with E-state index in [1.165, 1.54) is 19.2 Å². The van der Waals surface area contributed by atoms with E-state index in [-0.39, 0.29) is 6.61 Å². The fourth-order valence-corrected chi connectivity index (χ4v) is 2.40. The Kier molecular flexibility index (Phi) is 5.98. The number of thioether (sulfide) groups is 1. The lowest BCUT2D eigenvalue weighted by Gasteiger charge is -2.06. The first-order valence-electron chi connectivity index (χ1n) is 5.02. The van der Waals surface area contributed by atoms with Crippen LogP contribution in [0.25, 0.3) is 0 Å². The Labute approximate surface area is 99.3 Å². The molecule has 3 nitrogen and oxygen atoms in total. The molecule has 1 rings (SSSR count). The van der Waals surface area contributed by atoms with E-state index < -0.39 is 0 Å². The zero-order valence-electron chi connectivity index (χ0n) is 8.74. The van der Waals surface area contributed by atoms with E-state index in [1.54, 1.807) is 11.8 Å². The highest BCUT2D eigenvalue weighted by molar-refractivity contribution is 7.99. The van der Waals surface area contributed by atoms with E-state index in [9.17, 15) is 0 Å². The second-order valence-electron chi connectivity index (χ2n) is 3.16. The molecule has 1 aromatic heterocycles. The lowest BCUT2D eigenvalue weighted by atomic mass is 10.3. The van der Waals surface area contributed by atoms with Crippen LogP contribution in [0.4, 0.5) is 0 Å². The van der Waals surface area contributed by atoms with Gasteiger partial charge in [-0.05, 0) is 12.2 Å². The summed E-state index contributed by atoms with van der Waals surface area (Å²) in [6, 6.07) is 0. The predicted octanol–water partition coefficient (Wildman–Crippen LogP) is 2.90. The van der Waals surface area contributed by atoms with Gasteiger partial charge in [-0.25, -0.2) is 9.97 Å². The highest BCUT2D eigenvalue weighted by Gasteiger charge is 2.08. The van der Waals surface area contributed by atoms with Crippen molar-refractivity contribution >= 4 is 23.4 Å². The number of nitrogens with zero attached hydrogens (tertiary/aromatic N) is 2. The van der Waals surface area contributed by atoms with Crippen molar-refractivity contribution in [1.29, 1.82) is 0 Å². The van der Waals surface area contributed by atoms with Gasteiger partial charge in [-0.1, -0.05) is 31.4 Å². The molecule has 0 radical (unpaired) electrons. The van der Waals surface area contributed by atoms with Crippen LogP contribution in [0.3, 0.4) is 0 Å². The molecule has 0 saturated carbocycles. The standard InChI is InChI=1S/C10H15ClN2OS/c1-2-3-4-5-15-10-8(6-14)9(11)12-7-13-10/h7,14H,2-6H2,1H3. The highest BCUT2D eigenvalue weighted by atomic mass is 35.5. The molecule has 0 bridgehead atoms. The minimum absolute atomic E-state index is 0.101. The molecule has 0 aliphatic heterocycles. The third-order valence-corrected chi connectivity index (χ3v) is 3.44. The van der Waals surface area contributed by atoms with Crippen molar-refractivity contribution in [1.82, 2.24) is 9.97 Å². The fourth-order valence-electron chi connectivity index (χ4n) is 1.15. The van der Waals surface area contributed by atoms with Crippen LogP contribution < -0.4 is 0 Å². The molecule has 84 valence electrons. The maximum Gasteiger partial charge on any atom is 0.139 e. The van der Waals surface area contributed by atoms with E-state index >= 15 is 0 Å². The Hall–Kier alpha value is -0.320. The van der Waals surface area contributed by atoms with Crippen LogP contribution in [-0.4, -0.2) is 20.8 Å². The molecule has 0 amide bonds. The van der Waals surface area contributed by atoms with Gasteiger partial charge in [0.15, 0.2) is 0 Å². The van der Waals surface area contributed by atoms with E-state index in [2.05, 4.69) is 16.9 Å². The summed E-state index contributed by atoms with van der Waals surface area (Å²) in [5, 5.41) is 10.3. The summed E-state index contributed by atoms with van der Waals surface area (Å²) in [6.45, 7) is 2.07. The number of rotatable bonds is 6. The Morgan fingerprint density at radius 1 is 1.40 bits per heavy atom. The average molecular weight is 247 g/mol. The molecule has 1 N–H and O–H groups in total. The number of hydrogen-bond acceptors (Lipinski definition) is 4. The van der Waals surface area contributed by atoms with Gasteiger partial charge < -0.3 is 5.11 Å². The van der Waals surface area contributed by atoms with Gasteiger partial charge in [0.05, 0.1) is 6.61 Å². The zero-order chi connectivity index (χ0) is 11.1. The molecule has 0 saturated heterocycles. The molecule has 0 aliphatic carbocycles. The lowest BCUT2D eigenvalue weighted by Crippen LogP contribution is -1.96. The summed E-state index contributed by atoms with van der Waals surface area (Å²) < 4.78 is 0. The molecule has 15 heavy (non-hydrogen) atoms. The second kappa shape index (κ2) is 7.04. The molecule has 0 aliphatic rings. The van der Waals surface area contributed by atoms with Crippen LogP contribution in [0, 0.1) is 0 Å². The monoisotopic (exact) mass is 246 g/mol. The molecule has 5 heteroatoms. The van der Waals surface area contributed by atoms with Gasteiger partial charge in [0, 0.05) is 5.56 Å². The zero-order valence-corrected chi connectivity index (χ0v) is 10.3. The van der Waals surface area contributed by atoms with Crippen LogP contribution in [-0.2, 0) is 6.61 Å². The minimum Gasteiger partial charge on any atom is -0.391 e. The molecular weight excluding hydrogens is 232 g/mol. The van der Waals surface area contributed by atoms with Crippen molar-refractivity contribution in [2.75, 3.05) is 5.75 Å². The number of aromatic nitrogens is 2. The van der Waals surface area contributed by atoms with Crippen molar-refractivity contribution in [2.45, 2.75) is 37.8 Å². The average Bonchev–Trinajstić information content (AvgIpc) is 2.24. The number of aliphatic hydroxyl groups is 1. The highest BCUT2D eigenvalue weighted by Crippen LogP contribution is 2.25. The molecule has 0 aromatic carbocycles. The van der Waals surface area contributed by atoms with Crippen LogP contribution in [0.15, 0.2) is 11.4 Å². The van der Waals surface area contributed by atoms with Crippen molar-refractivity contribution in [3.8, 4) is 0 Å². The Balaban J connectivity index is 2.56. The first kappa shape index (κ1) is 12.7. The van der Waals surface area contributed by atoms with Gasteiger partial charge in [0.1, 0.15) is 16.5 Å². The van der Waals surface area contributed by atoms with Gasteiger partial charge in [-0.2, -0.15) is 0 Å². The molecule has 1 heterocycles. The van der Waals surface area contributed by atoms with Crippen LogP contribution >= 0.6 is 23.4 Å². The van der Waals surface area contributed by atoms with Gasteiger partial charge in [0.2, 0.25) is 0 Å². The Bertz CT molecular complexity index is 309. The quantitative estimate of drug-likeness (QED) is 0.476. The molecule has 0 spiro atoms. The first-order valence-corrected chi connectivity index (χ1v) is 6.39. The number of halogens is 1. The maximum atomic E-state index is 9.12. The summed E-state index contributed by atoms with van der Waals surface area (Å²) in [5.74, 6) is 1.01. The van der Waals surface area contributed by atoms with E-state index in [0.717, 1.165) is 17.2 Å². The van der Waals surface area contributed by atoms with Crippen molar-refractivity contribution in [3.63, 3.8) is 0 Å². The predicted molar refractivity (Wildman–Crippen MR) is 63.2 cm³/mol. The van der Waals surface area contributed by atoms with Crippen LogP contribution in [0.2, 0.25) is 5.15 Å². The normalized spacial score (nSPS) is 10.6. The van der Waals surface area contributed by atoms with Gasteiger partial charge in [0.25, 0.3) is 0 Å². The third kappa shape index (κ3) is 3.97. The van der Waals surface area contributed by atoms with Gasteiger partial charge in [-0.15, -0.1) is 11.8 Å². The summed E-state index contributed by atoms with van der Waals surface area (Å²) in [7, 11) is 0. The summed E-state index contributed by atoms with van der Waals surface area (Å²) in [4.78, 5) is 7.95. The molecule has 1 aromatic rings. The Morgan fingerprint density at radius 2 is 2.20 bits per heavy atom. The molecule has 0 unspecified atom stereocenters. The summed E-state index contributed by atoms with van der Waals surface area (Å²) in [6.07, 6.45) is 5.02. The minimum atomic E-state index is -0.101. The van der Waals surface area contributed by atoms with E-state index in [4.69, 9.17) is 16.7 Å². The number of aliphatic hydroxyl groups excluding tert-OH is 1. The lowest BCUT2D eigenvalue weighted by molar-refractivity contribution is 0.277. The third-order valence-electron chi connectivity index (χ3n) is 2.00. The van der Waals surface area contributed by atoms with Crippen LogP contribution in [0.1, 0.15) is 31.7 Å². The summed E-state index contributed by atoms with van der Waals surface area (Å²) in [5.41, 5.74) is 0.640. The van der Waals surface area contributed by atoms with E-state index in [0.29, 0.717) is 10.7 Å².